The van der Waals surface area contributed by atoms with Gasteiger partial charge in [0.1, 0.15) is 12.4 Å². The molecule has 1 heterocycles. The summed E-state index contributed by atoms with van der Waals surface area (Å²) < 4.78 is 31.4. The Morgan fingerprint density at radius 2 is 2.00 bits per heavy atom. The number of piperidine rings is 1. The second-order valence-electron chi connectivity index (χ2n) is 5.26. The van der Waals surface area contributed by atoms with Crippen molar-refractivity contribution < 1.29 is 28.2 Å². The van der Waals surface area contributed by atoms with Crippen LogP contribution in [0.2, 0.25) is 0 Å². The fraction of sp³-hybridized carbons (Fsp3) is 0.467. The van der Waals surface area contributed by atoms with Crippen LogP contribution in [0.1, 0.15) is 23.2 Å². The van der Waals surface area contributed by atoms with E-state index in [9.17, 15) is 18.4 Å². The highest BCUT2D eigenvalue weighted by Crippen LogP contribution is 2.27. The van der Waals surface area contributed by atoms with Crippen molar-refractivity contribution in [2.45, 2.75) is 18.8 Å². The molecule has 23 heavy (non-hydrogen) atoms. The van der Waals surface area contributed by atoms with Crippen molar-refractivity contribution in [1.82, 2.24) is 10.2 Å². The number of amides is 2. The van der Waals surface area contributed by atoms with Crippen molar-refractivity contribution in [3.8, 4) is 5.75 Å². The van der Waals surface area contributed by atoms with Gasteiger partial charge in [-0.15, -0.1) is 0 Å². The fourth-order valence-electron chi connectivity index (χ4n) is 2.19. The molecule has 1 aliphatic heterocycles. The summed E-state index contributed by atoms with van der Waals surface area (Å²) in [5.74, 6) is -3.35. The smallest absolute Gasteiger partial charge is 0.335 e. The Kier molecular flexibility index (Phi) is 5.36. The van der Waals surface area contributed by atoms with E-state index in [0.29, 0.717) is 5.75 Å². The number of nitrogens with one attached hydrogen (secondary N) is 1. The van der Waals surface area contributed by atoms with Crippen LogP contribution in [0.3, 0.4) is 0 Å². The van der Waals surface area contributed by atoms with Gasteiger partial charge in [-0.05, 0) is 18.2 Å². The summed E-state index contributed by atoms with van der Waals surface area (Å²) in [5.41, 5.74) is 0.112. The molecule has 0 spiro atoms. The minimum absolute atomic E-state index is 0.0281. The van der Waals surface area contributed by atoms with E-state index >= 15 is 0 Å². The van der Waals surface area contributed by atoms with E-state index in [4.69, 9.17) is 9.84 Å². The van der Waals surface area contributed by atoms with Gasteiger partial charge in [-0.1, -0.05) is 6.07 Å². The number of carboxylic acids is 1. The Hall–Kier alpha value is -2.38. The summed E-state index contributed by atoms with van der Waals surface area (Å²) in [5, 5.41) is 11.5. The molecule has 2 amide bonds. The second-order valence-corrected chi connectivity index (χ2v) is 5.26. The predicted molar refractivity (Wildman–Crippen MR) is 78.0 cm³/mol. The fourth-order valence-corrected chi connectivity index (χ4v) is 2.19. The van der Waals surface area contributed by atoms with Crippen LogP contribution in [0.5, 0.6) is 5.75 Å². The van der Waals surface area contributed by atoms with Crippen LogP contribution in [-0.2, 0) is 0 Å². The van der Waals surface area contributed by atoms with Gasteiger partial charge in [-0.25, -0.2) is 18.4 Å². The molecule has 0 saturated carbocycles. The molecule has 8 heteroatoms. The highest BCUT2D eigenvalue weighted by Gasteiger charge is 2.35. The summed E-state index contributed by atoms with van der Waals surface area (Å²) in [6, 6.07) is 5.61. The van der Waals surface area contributed by atoms with Gasteiger partial charge in [-0.2, -0.15) is 0 Å². The van der Waals surface area contributed by atoms with Gasteiger partial charge in [0.2, 0.25) is 0 Å². The number of urea groups is 1. The standard InChI is InChI=1S/C15H18F2N2O4/c16-15(17)4-7-19(8-5-15)14(22)18-6-9-23-12-3-1-2-11(10-12)13(20)21/h1-3,10H,4-9H2,(H,18,22)(H,20,21). The quantitative estimate of drug-likeness (QED) is 0.812. The number of likely N-dealkylation sites (tertiary alicyclic amines) is 1. The molecule has 126 valence electrons. The first-order valence-electron chi connectivity index (χ1n) is 7.24. The molecule has 1 aromatic carbocycles. The number of alkyl halides is 2. The summed E-state index contributed by atoms with van der Waals surface area (Å²) in [6.07, 6.45) is -0.641. The topological polar surface area (TPSA) is 78.9 Å². The first kappa shape index (κ1) is 17.0. The summed E-state index contributed by atoms with van der Waals surface area (Å²) in [6.45, 7) is 0.405. The molecule has 1 aliphatic rings. The van der Waals surface area contributed by atoms with Gasteiger partial charge in [0.25, 0.3) is 5.92 Å². The number of carbonyl (C=O) groups excluding carboxylic acids is 1. The monoisotopic (exact) mass is 328 g/mol. The van der Waals surface area contributed by atoms with Gasteiger partial charge in [0.05, 0.1) is 12.1 Å². The van der Waals surface area contributed by atoms with Crippen molar-refractivity contribution in [3.05, 3.63) is 29.8 Å². The Bertz CT molecular complexity index is 570. The molecule has 0 atom stereocenters. The molecule has 0 radical (unpaired) electrons. The van der Waals surface area contributed by atoms with Crippen molar-refractivity contribution in [2.24, 2.45) is 0 Å². The zero-order valence-corrected chi connectivity index (χ0v) is 12.4. The van der Waals surface area contributed by atoms with Crippen LogP contribution in [0, 0.1) is 0 Å². The molecule has 0 bridgehead atoms. The number of halogens is 2. The van der Waals surface area contributed by atoms with E-state index in [1.54, 1.807) is 12.1 Å². The number of carbonyl (C=O) groups is 2. The maximum absolute atomic E-state index is 13.0. The first-order valence-corrected chi connectivity index (χ1v) is 7.24. The van der Waals surface area contributed by atoms with Gasteiger partial charge in [0.15, 0.2) is 0 Å². The summed E-state index contributed by atoms with van der Waals surface area (Å²) >= 11 is 0. The van der Waals surface area contributed by atoms with E-state index in [0.717, 1.165) is 0 Å². The third-order valence-corrected chi connectivity index (χ3v) is 3.51. The van der Waals surface area contributed by atoms with E-state index in [1.165, 1.54) is 17.0 Å². The average Bonchev–Trinajstić information content (AvgIpc) is 2.51. The van der Waals surface area contributed by atoms with E-state index in [1.807, 2.05) is 0 Å². The Morgan fingerprint density at radius 1 is 1.30 bits per heavy atom. The molecule has 0 aromatic heterocycles. The number of ether oxygens (including phenoxy) is 1. The molecular weight excluding hydrogens is 310 g/mol. The number of aromatic carboxylic acids is 1. The maximum atomic E-state index is 13.0. The zero-order valence-electron chi connectivity index (χ0n) is 12.4. The van der Waals surface area contributed by atoms with Gasteiger partial charge >= 0.3 is 12.0 Å². The summed E-state index contributed by atoms with van der Waals surface area (Å²) in [4.78, 5) is 24.0. The third kappa shape index (κ3) is 5.08. The highest BCUT2D eigenvalue weighted by molar-refractivity contribution is 5.88. The first-order chi connectivity index (χ1) is 10.9. The number of nitrogens with zero attached hydrogens (tertiary/aromatic N) is 1. The van der Waals surface area contributed by atoms with Crippen LogP contribution in [0.25, 0.3) is 0 Å². The molecule has 1 fully saturated rings. The summed E-state index contributed by atoms with van der Waals surface area (Å²) in [7, 11) is 0. The van der Waals surface area contributed by atoms with Crippen LogP contribution in [0.15, 0.2) is 24.3 Å². The Balaban J connectivity index is 1.70. The number of benzene rings is 1. The van der Waals surface area contributed by atoms with Crippen LogP contribution in [-0.4, -0.2) is 54.2 Å². The highest BCUT2D eigenvalue weighted by atomic mass is 19.3. The Labute approximate surface area is 132 Å². The molecule has 0 unspecified atom stereocenters. The lowest BCUT2D eigenvalue weighted by Crippen LogP contribution is -2.47. The van der Waals surface area contributed by atoms with Gasteiger partial charge in [-0.3, -0.25) is 0 Å². The van der Waals surface area contributed by atoms with E-state index in [-0.39, 0.29) is 44.6 Å². The molecule has 0 aliphatic carbocycles. The Morgan fingerprint density at radius 3 is 2.65 bits per heavy atom. The minimum Gasteiger partial charge on any atom is -0.492 e. The number of hydrogen-bond acceptors (Lipinski definition) is 3. The SMILES string of the molecule is O=C(O)c1cccc(OCCNC(=O)N2CCC(F)(F)CC2)c1. The molecular formula is C15H18F2N2O4. The molecule has 2 N–H and O–H groups in total. The minimum atomic E-state index is -2.69. The average molecular weight is 328 g/mol. The van der Waals surface area contributed by atoms with Crippen molar-refractivity contribution in [1.29, 1.82) is 0 Å². The van der Waals surface area contributed by atoms with Crippen molar-refractivity contribution in [3.63, 3.8) is 0 Å². The zero-order chi connectivity index (χ0) is 16.9. The largest absolute Gasteiger partial charge is 0.492 e. The normalized spacial score (nSPS) is 16.7. The number of carboxylic acid groups (broad SMARTS) is 1. The van der Waals surface area contributed by atoms with Gasteiger partial charge < -0.3 is 20.1 Å². The predicted octanol–water partition coefficient (Wildman–Crippen LogP) is 2.20. The molecule has 1 aromatic rings. The lowest BCUT2D eigenvalue weighted by atomic mass is 10.1. The van der Waals surface area contributed by atoms with Crippen LogP contribution >= 0.6 is 0 Å². The third-order valence-electron chi connectivity index (χ3n) is 3.51. The van der Waals surface area contributed by atoms with Crippen molar-refractivity contribution in [2.75, 3.05) is 26.2 Å². The molecule has 1 saturated heterocycles. The number of hydrogen-bond donors (Lipinski definition) is 2. The van der Waals surface area contributed by atoms with E-state index < -0.39 is 17.9 Å². The number of rotatable bonds is 5. The lowest BCUT2D eigenvalue weighted by molar-refractivity contribution is -0.0469. The molecule has 6 nitrogen and oxygen atoms in total. The van der Waals surface area contributed by atoms with Crippen LogP contribution in [0.4, 0.5) is 13.6 Å². The molecule has 2 rings (SSSR count). The van der Waals surface area contributed by atoms with E-state index in [2.05, 4.69) is 5.32 Å². The second kappa shape index (κ2) is 7.26. The maximum Gasteiger partial charge on any atom is 0.335 e. The van der Waals surface area contributed by atoms with Crippen molar-refractivity contribution >= 4 is 12.0 Å². The lowest BCUT2D eigenvalue weighted by Gasteiger charge is -2.31. The van der Waals surface area contributed by atoms with Gasteiger partial charge in [0, 0.05) is 25.9 Å². The van der Waals surface area contributed by atoms with Crippen LogP contribution < -0.4 is 10.1 Å².